The molecule has 0 saturated carbocycles. The molecule has 2 aromatic carbocycles. The van der Waals surface area contributed by atoms with E-state index in [0.29, 0.717) is 17.9 Å². The summed E-state index contributed by atoms with van der Waals surface area (Å²) in [6.07, 6.45) is 4.48. The zero-order chi connectivity index (χ0) is 22.7. The quantitative estimate of drug-likeness (QED) is 0.236. The summed E-state index contributed by atoms with van der Waals surface area (Å²) in [6.45, 7) is 2.54. The highest BCUT2D eigenvalue weighted by molar-refractivity contribution is 7.80. The van der Waals surface area contributed by atoms with Crippen LogP contribution in [0.25, 0.3) is 28.0 Å². The van der Waals surface area contributed by atoms with Gasteiger partial charge in [-0.05, 0) is 41.8 Å². The first-order valence-corrected chi connectivity index (χ1v) is 11.1. The number of benzene rings is 2. The Hall–Kier alpha value is -3.63. The van der Waals surface area contributed by atoms with Crippen molar-refractivity contribution in [2.45, 2.75) is 19.8 Å². The molecule has 0 radical (unpaired) electrons. The highest BCUT2D eigenvalue weighted by Gasteiger charge is 2.18. The average molecular weight is 452 g/mol. The number of hydrogen-bond donors (Lipinski definition) is 1. The van der Waals surface area contributed by atoms with Gasteiger partial charge in [-0.3, -0.25) is 19.0 Å². The Labute approximate surface area is 186 Å². The van der Waals surface area contributed by atoms with Crippen LogP contribution in [0, 0.1) is 10.1 Å². The summed E-state index contributed by atoms with van der Waals surface area (Å²) in [5, 5.41) is 15.4. The highest BCUT2D eigenvalue weighted by Crippen LogP contribution is 2.29. The van der Waals surface area contributed by atoms with E-state index in [4.69, 9.17) is 0 Å². The monoisotopic (exact) mass is 451 g/mol. The number of fused-ring (bicyclic) bond motifs is 1. The lowest BCUT2D eigenvalue weighted by Gasteiger charge is -2.20. The van der Waals surface area contributed by atoms with Gasteiger partial charge in [-0.25, -0.2) is 13.7 Å². The Morgan fingerprint density at radius 3 is 2.56 bits per heavy atom. The zero-order valence-corrected chi connectivity index (χ0v) is 18.1. The van der Waals surface area contributed by atoms with Gasteiger partial charge < -0.3 is 0 Å². The fourth-order valence-corrected chi connectivity index (χ4v) is 4.09. The lowest BCUT2D eigenvalue weighted by atomic mass is 10.0. The molecule has 164 valence electrons. The Morgan fingerprint density at radius 2 is 1.88 bits per heavy atom. The number of unbranched alkanes of at least 4 members (excludes halogenated alkanes) is 1. The zero-order valence-electron chi connectivity index (χ0n) is 17.3. The second-order valence-corrected chi connectivity index (χ2v) is 8.07. The fraction of sp³-hybridized carbons (Fsp3) is 0.182. The summed E-state index contributed by atoms with van der Waals surface area (Å²) >= 11 is -2.08. The van der Waals surface area contributed by atoms with Crippen LogP contribution in [0.1, 0.15) is 19.8 Å². The number of anilines is 1. The topological polar surface area (TPSA) is 114 Å². The van der Waals surface area contributed by atoms with Gasteiger partial charge in [-0.15, -0.1) is 0 Å². The molecule has 0 spiro atoms. The summed E-state index contributed by atoms with van der Waals surface area (Å²) in [5.74, 6) is 0. The summed E-state index contributed by atoms with van der Waals surface area (Å²) in [4.78, 5) is 14.8. The van der Waals surface area contributed by atoms with Crippen LogP contribution in [0.3, 0.4) is 0 Å². The van der Waals surface area contributed by atoms with Crippen molar-refractivity contribution in [1.82, 2.24) is 14.6 Å². The third kappa shape index (κ3) is 4.23. The molecule has 2 heterocycles. The van der Waals surface area contributed by atoms with Gasteiger partial charge in [0.15, 0.2) is 0 Å². The van der Waals surface area contributed by atoms with Crippen molar-refractivity contribution in [3.05, 3.63) is 77.1 Å². The molecule has 1 unspecified atom stereocenters. The maximum Gasteiger partial charge on any atom is 0.333 e. The first kappa shape index (κ1) is 21.6. The van der Waals surface area contributed by atoms with E-state index in [-0.39, 0.29) is 11.3 Å². The third-order valence-electron chi connectivity index (χ3n) is 5.13. The third-order valence-corrected chi connectivity index (χ3v) is 5.90. The molecule has 0 amide bonds. The van der Waals surface area contributed by atoms with Crippen LogP contribution in [0.15, 0.2) is 67.0 Å². The average Bonchev–Trinajstić information content (AvgIpc) is 3.24. The SMILES string of the molecule is CCCCN(c1ccc(-c2cccc(-c3ccnc4c([N+](=O)[O-])cnn34)c2)cc1)S(=O)O. The molecule has 1 N–H and O–H groups in total. The highest BCUT2D eigenvalue weighted by atomic mass is 32.2. The maximum atomic E-state index is 11.7. The van der Waals surface area contributed by atoms with Gasteiger partial charge in [0.05, 0.1) is 16.3 Å². The molecule has 2 aromatic heterocycles. The number of nitrogens with zero attached hydrogens (tertiary/aromatic N) is 5. The van der Waals surface area contributed by atoms with Crippen molar-refractivity contribution in [1.29, 1.82) is 0 Å². The Bertz CT molecular complexity index is 1290. The lowest BCUT2D eigenvalue weighted by Crippen LogP contribution is -2.26. The van der Waals surface area contributed by atoms with Crippen LogP contribution in [0.5, 0.6) is 0 Å². The van der Waals surface area contributed by atoms with Crippen LogP contribution in [-0.2, 0) is 11.3 Å². The maximum absolute atomic E-state index is 11.7. The summed E-state index contributed by atoms with van der Waals surface area (Å²) < 4.78 is 24.2. The number of aromatic nitrogens is 3. The van der Waals surface area contributed by atoms with E-state index in [1.54, 1.807) is 6.07 Å². The Kier molecular flexibility index (Phi) is 6.24. The predicted molar refractivity (Wildman–Crippen MR) is 124 cm³/mol. The molecule has 0 fully saturated rings. The van der Waals surface area contributed by atoms with Crippen molar-refractivity contribution >= 4 is 28.3 Å². The molecule has 1 atom stereocenters. The van der Waals surface area contributed by atoms with Crippen LogP contribution < -0.4 is 4.31 Å². The van der Waals surface area contributed by atoms with Crippen molar-refractivity contribution in [3.63, 3.8) is 0 Å². The first-order valence-electron chi connectivity index (χ1n) is 10.1. The Balaban J connectivity index is 1.68. The molecule has 0 saturated heterocycles. The smallest absolute Gasteiger partial charge is 0.289 e. The number of rotatable bonds is 8. The molecule has 9 nitrogen and oxygen atoms in total. The van der Waals surface area contributed by atoms with E-state index < -0.39 is 16.2 Å². The van der Waals surface area contributed by atoms with Crippen LogP contribution in [0.2, 0.25) is 0 Å². The van der Waals surface area contributed by atoms with Crippen LogP contribution >= 0.6 is 0 Å². The number of nitro groups is 1. The minimum atomic E-state index is -2.08. The lowest BCUT2D eigenvalue weighted by molar-refractivity contribution is -0.383. The molecule has 32 heavy (non-hydrogen) atoms. The molecule has 0 bridgehead atoms. The second kappa shape index (κ2) is 9.25. The van der Waals surface area contributed by atoms with E-state index in [2.05, 4.69) is 10.1 Å². The molecular weight excluding hydrogens is 430 g/mol. The standard InChI is InChI=1S/C22H21N5O4S/c1-2-3-13-25(32(30)31)19-9-7-16(8-10-19)17-5-4-6-18(14-17)20-11-12-23-22-21(27(28)29)15-24-26(20)22/h4-12,14-15H,2-3,13H2,1H3,(H,30,31). The minimum absolute atomic E-state index is 0.146. The second-order valence-electron chi connectivity index (χ2n) is 7.17. The van der Waals surface area contributed by atoms with Crippen LogP contribution in [-0.4, -0.2) is 34.8 Å². The van der Waals surface area contributed by atoms with Crippen molar-refractivity contribution in [2.75, 3.05) is 10.8 Å². The van der Waals surface area contributed by atoms with Gasteiger partial charge in [-0.2, -0.15) is 5.10 Å². The predicted octanol–water partition coefficient (Wildman–Crippen LogP) is 4.71. The molecular formula is C22H21N5O4S. The largest absolute Gasteiger partial charge is 0.333 e. The summed E-state index contributed by atoms with van der Waals surface area (Å²) in [5.41, 5.74) is 4.11. The molecule has 0 aliphatic heterocycles. The van der Waals surface area contributed by atoms with Crippen molar-refractivity contribution in [3.8, 4) is 22.4 Å². The van der Waals surface area contributed by atoms with E-state index in [1.165, 1.54) is 21.2 Å². The minimum Gasteiger partial charge on any atom is -0.289 e. The van der Waals surface area contributed by atoms with Gasteiger partial charge in [0.1, 0.15) is 6.20 Å². The van der Waals surface area contributed by atoms with Crippen molar-refractivity contribution in [2.24, 2.45) is 0 Å². The fourth-order valence-electron chi connectivity index (χ4n) is 3.50. The first-order chi connectivity index (χ1) is 15.5. The molecule has 4 aromatic rings. The van der Waals surface area contributed by atoms with E-state index in [1.807, 2.05) is 55.5 Å². The molecule has 0 aliphatic carbocycles. The van der Waals surface area contributed by atoms with E-state index in [9.17, 15) is 18.9 Å². The van der Waals surface area contributed by atoms with Gasteiger partial charge in [0.25, 0.3) is 11.3 Å². The van der Waals surface area contributed by atoms with Gasteiger partial charge in [0.2, 0.25) is 5.65 Å². The van der Waals surface area contributed by atoms with E-state index in [0.717, 1.165) is 29.5 Å². The van der Waals surface area contributed by atoms with Gasteiger partial charge >= 0.3 is 5.69 Å². The van der Waals surface area contributed by atoms with Gasteiger partial charge in [0, 0.05) is 18.3 Å². The molecule has 0 aliphatic rings. The Morgan fingerprint density at radius 1 is 1.12 bits per heavy atom. The number of hydrogen-bond acceptors (Lipinski definition) is 5. The van der Waals surface area contributed by atoms with Gasteiger partial charge in [-0.1, -0.05) is 43.7 Å². The van der Waals surface area contributed by atoms with Crippen molar-refractivity contribution < 1.29 is 13.7 Å². The molecule has 4 rings (SSSR count). The normalized spacial score (nSPS) is 12.1. The molecule has 10 heteroatoms. The van der Waals surface area contributed by atoms with E-state index >= 15 is 0 Å². The summed E-state index contributed by atoms with van der Waals surface area (Å²) in [6, 6.07) is 17.0. The summed E-state index contributed by atoms with van der Waals surface area (Å²) in [7, 11) is 0. The van der Waals surface area contributed by atoms with Crippen LogP contribution in [0.4, 0.5) is 11.4 Å².